The maximum Gasteiger partial charge on any atom is 0.301 e. The van der Waals surface area contributed by atoms with Crippen molar-refractivity contribution in [1.82, 2.24) is 10.3 Å². The summed E-state index contributed by atoms with van der Waals surface area (Å²) in [7, 11) is 4.81. The Bertz CT molecular complexity index is 1070. The van der Waals surface area contributed by atoms with E-state index in [9.17, 15) is 9.90 Å². The average Bonchev–Trinajstić information content (AvgIpc) is 3.15. The summed E-state index contributed by atoms with van der Waals surface area (Å²) in [5, 5.41) is 11.8. The van der Waals surface area contributed by atoms with Crippen molar-refractivity contribution in [2.75, 3.05) is 34.5 Å². The van der Waals surface area contributed by atoms with Gasteiger partial charge in [-0.25, -0.2) is 0 Å². The third kappa shape index (κ3) is 4.48. The van der Waals surface area contributed by atoms with Gasteiger partial charge in [-0.2, -0.15) is 4.99 Å². The molecule has 11 heteroatoms. The van der Waals surface area contributed by atoms with Gasteiger partial charge in [-0.15, -0.1) is 10.0 Å². The highest BCUT2D eigenvalue weighted by molar-refractivity contribution is 9.18. The van der Waals surface area contributed by atoms with Gasteiger partial charge in [0.05, 0.1) is 45.8 Å². The zero-order valence-electron chi connectivity index (χ0n) is 19.4. The Labute approximate surface area is 206 Å². The predicted octanol–water partition coefficient (Wildman–Crippen LogP) is 2.13. The number of quaternary nitrogens is 1. The molecule has 0 radical (unpaired) electrons. The Kier molecular flexibility index (Phi) is 7.36. The number of hydrogen-bond donors (Lipinski definition) is 1. The first kappa shape index (κ1) is 24.4. The molecule has 0 bridgehead atoms. The first-order valence-corrected chi connectivity index (χ1v) is 11.7. The lowest BCUT2D eigenvalue weighted by Crippen LogP contribution is -2.55. The zero-order chi connectivity index (χ0) is 24.3. The fraction of sp³-hybridized carbons (Fsp3) is 0.435. The lowest BCUT2D eigenvalue weighted by Gasteiger charge is -2.41. The standard InChI is InChI=1S/C23H28BrN5O5/c1-32-14-17-6-4-16(13-28(17)23(30)31)21-19-12-25-8-9-29(19,22(24)27-21)26-11-15-5-7-18(33-2)10-20(15)34-3/h5,7-10,12,16-17,26H,4,6,11,13-14H2,1-3H3. The number of carboxylic acid groups (broad SMARTS) is 1. The molecule has 1 N–H and O–H groups in total. The fourth-order valence-corrected chi connectivity index (χ4v) is 5.24. The number of benzene rings is 1. The molecule has 1 amide bonds. The Balaban J connectivity index is 1.61. The number of nitrogens with zero attached hydrogens (tertiary/aromatic N) is 4. The number of allylic oxidation sites excluding steroid dienone is 1. The first-order chi connectivity index (χ1) is 16.4. The zero-order valence-corrected chi connectivity index (χ0v) is 20.9. The van der Waals surface area contributed by atoms with Gasteiger partial charge in [-0.1, -0.05) is 6.07 Å². The molecule has 0 spiro atoms. The fourth-order valence-electron chi connectivity index (χ4n) is 4.62. The van der Waals surface area contributed by atoms with Crippen LogP contribution in [-0.2, 0) is 11.3 Å². The van der Waals surface area contributed by atoms with Gasteiger partial charge in [0, 0.05) is 47.1 Å². The Hall–Kier alpha value is -2.73. The van der Waals surface area contributed by atoms with E-state index in [4.69, 9.17) is 19.2 Å². The molecule has 182 valence electrons. The van der Waals surface area contributed by atoms with Crippen LogP contribution in [0.25, 0.3) is 0 Å². The van der Waals surface area contributed by atoms with Crippen molar-refractivity contribution < 1.29 is 28.7 Å². The maximum absolute atomic E-state index is 11.8. The number of ether oxygens (including phenoxy) is 3. The van der Waals surface area contributed by atoms with Crippen LogP contribution in [0.15, 0.2) is 52.0 Å². The van der Waals surface area contributed by atoms with Gasteiger partial charge in [0.15, 0.2) is 0 Å². The SMILES string of the molecule is COCC1CCC(C2=C3C=NC=C[N+]3(NCc3ccc(OC)cc3OC)C(Br)=N2)CN1C(=O)[O-]. The molecule has 4 rings (SSSR count). The van der Waals surface area contributed by atoms with E-state index in [2.05, 4.69) is 26.3 Å². The highest BCUT2D eigenvalue weighted by atomic mass is 79.9. The molecular weight excluding hydrogens is 506 g/mol. The number of fused-ring (bicyclic) bond motifs is 1. The molecule has 1 fully saturated rings. The maximum atomic E-state index is 11.8. The highest BCUT2D eigenvalue weighted by Gasteiger charge is 2.47. The summed E-state index contributed by atoms with van der Waals surface area (Å²) in [4.78, 5) is 22.3. The van der Waals surface area contributed by atoms with Crippen LogP contribution in [0.5, 0.6) is 11.5 Å². The molecule has 0 aromatic heterocycles. The topological polar surface area (TPSA) is 108 Å². The molecule has 1 saturated heterocycles. The van der Waals surface area contributed by atoms with Crippen LogP contribution in [0.4, 0.5) is 4.79 Å². The van der Waals surface area contributed by atoms with E-state index in [0.29, 0.717) is 42.4 Å². The number of nitrogens with one attached hydrogen (secondary N) is 1. The number of aliphatic imine (C=N–C) groups is 2. The van der Waals surface area contributed by atoms with Crippen LogP contribution in [0.2, 0.25) is 0 Å². The van der Waals surface area contributed by atoms with Gasteiger partial charge in [0.25, 0.3) is 0 Å². The third-order valence-corrected chi connectivity index (χ3v) is 7.16. The number of carbonyl (C=O) groups excluding carboxylic acids is 1. The quantitative estimate of drug-likeness (QED) is 0.405. The van der Waals surface area contributed by atoms with Crippen molar-refractivity contribution in [3.8, 4) is 11.5 Å². The molecule has 3 aliphatic heterocycles. The van der Waals surface area contributed by atoms with Gasteiger partial charge in [-0.05, 0) is 18.9 Å². The summed E-state index contributed by atoms with van der Waals surface area (Å²) >= 11 is 3.65. The van der Waals surface area contributed by atoms with E-state index in [0.717, 1.165) is 23.4 Å². The Morgan fingerprint density at radius 1 is 1.29 bits per heavy atom. The number of likely N-dealkylation sites (tertiary alicyclic amines) is 1. The van der Waals surface area contributed by atoms with E-state index >= 15 is 0 Å². The van der Waals surface area contributed by atoms with Crippen molar-refractivity contribution in [3.63, 3.8) is 0 Å². The first-order valence-electron chi connectivity index (χ1n) is 10.9. The summed E-state index contributed by atoms with van der Waals surface area (Å²) in [5.74, 6) is 1.33. The van der Waals surface area contributed by atoms with Crippen molar-refractivity contribution in [3.05, 3.63) is 47.6 Å². The number of piperidine rings is 1. The summed E-state index contributed by atoms with van der Waals surface area (Å²) in [5.41, 5.74) is 6.14. The molecule has 1 aromatic rings. The number of halogens is 1. The third-order valence-electron chi connectivity index (χ3n) is 6.42. The molecular formula is C23H28BrN5O5. The van der Waals surface area contributed by atoms with Gasteiger partial charge in [-0.3, -0.25) is 4.99 Å². The monoisotopic (exact) mass is 533 g/mol. The van der Waals surface area contributed by atoms with Gasteiger partial charge in [0.1, 0.15) is 29.5 Å². The Morgan fingerprint density at radius 2 is 2.12 bits per heavy atom. The van der Waals surface area contributed by atoms with Crippen molar-refractivity contribution in [2.45, 2.75) is 25.4 Å². The summed E-state index contributed by atoms with van der Waals surface area (Å²) < 4.78 is 16.8. The van der Waals surface area contributed by atoms with Gasteiger partial charge >= 0.3 is 4.74 Å². The summed E-state index contributed by atoms with van der Waals surface area (Å²) in [6.07, 6.45) is 5.64. The molecule has 3 atom stereocenters. The summed E-state index contributed by atoms with van der Waals surface area (Å²) in [6.45, 7) is 1.11. The van der Waals surface area contributed by atoms with Crippen LogP contribution in [0.3, 0.4) is 0 Å². The lowest BCUT2D eigenvalue weighted by molar-refractivity contribution is -0.787. The second kappa shape index (κ2) is 10.3. The van der Waals surface area contributed by atoms with E-state index in [-0.39, 0.29) is 16.6 Å². The second-order valence-corrected chi connectivity index (χ2v) is 8.97. The molecule has 0 aliphatic carbocycles. The van der Waals surface area contributed by atoms with Crippen molar-refractivity contribution in [1.29, 1.82) is 0 Å². The van der Waals surface area contributed by atoms with Crippen LogP contribution >= 0.6 is 15.9 Å². The average molecular weight is 534 g/mol. The van der Waals surface area contributed by atoms with E-state index in [1.165, 1.54) is 4.90 Å². The second-order valence-electron chi connectivity index (χ2n) is 8.26. The van der Waals surface area contributed by atoms with E-state index in [1.54, 1.807) is 33.7 Å². The van der Waals surface area contributed by atoms with Crippen LogP contribution < -0.4 is 20.0 Å². The highest BCUT2D eigenvalue weighted by Crippen LogP contribution is 2.39. The predicted molar refractivity (Wildman–Crippen MR) is 128 cm³/mol. The molecule has 3 aliphatic rings. The van der Waals surface area contributed by atoms with E-state index in [1.807, 2.05) is 24.4 Å². The molecule has 10 nitrogen and oxygen atoms in total. The number of carbonyl (C=O) groups is 1. The Morgan fingerprint density at radius 3 is 2.82 bits per heavy atom. The minimum absolute atomic E-state index is 0.0937. The smallest absolute Gasteiger partial charge is 0.301 e. The number of methoxy groups -OCH3 is 3. The van der Waals surface area contributed by atoms with E-state index < -0.39 is 6.09 Å². The van der Waals surface area contributed by atoms with Gasteiger partial charge in [0.2, 0.25) is 5.70 Å². The number of rotatable bonds is 8. The minimum Gasteiger partial charge on any atom is -0.530 e. The number of amidine groups is 1. The molecule has 34 heavy (non-hydrogen) atoms. The molecule has 3 unspecified atom stereocenters. The van der Waals surface area contributed by atoms with Crippen molar-refractivity contribution >= 4 is 33.0 Å². The van der Waals surface area contributed by atoms with Crippen LogP contribution in [0.1, 0.15) is 18.4 Å². The normalized spacial score (nSPS) is 25.9. The molecule has 3 heterocycles. The molecule has 1 aromatic carbocycles. The largest absolute Gasteiger partial charge is 0.530 e. The van der Waals surface area contributed by atoms with Crippen LogP contribution in [-0.4, -0.2) is 67.1 Å². The van der Waals surface area contributed by atoms with Gasteiger partial charge < -0.3 is 29.0 Å². The summed E-state index contributed by atoms with van der Waals surface area (Å²) in [6, 6.07) is 5.46. The lowest BCUT2D eigenvalue weighted by atomic mass is 9.90. The molecule has 0 saturated carbocycles. The minimum atomic E-state index is -1.19. The van der Waals surface area contributed by atoms with Crippen molar-refractivity contribution in [2.24, 2.45) is 15.9 Å². The number of hydrogen-bond acceptors (Lipinski definition) is 8. The van der Waals surface area contributed by atoms with Crippen LogP contribution in [0, 0.1) is 5.92 Å². The number of amides is 1.